The summed E-state index contributed by atoms with van der Waals surface area (Å²) in [6.45, 7) is 0.231. The van der Waals surface area contributed by atoms with Crippen LogP contribution in [0.15, 0.2) is 78.2 Å². The van der Waals surface area contributed by atoms with Crippen LogP contribution in [-0.4, -0.2) is 41.4 Å². The Labute approximate surface area is 173 Å². The summed E-state index contributed by atoms with van der Waals surface area (Å²) in [4.78, 5) is 0. The molecular weight excluding hydrogens is 402 g/mol. The van der Waals surface area contributed by atoms with Crippen molar-refractivity contribution in [2.45, 2.75) is 0 Å². The third-order valence-corrected chi connectivity index (χ3v) is 5.27. The van der Waals surface area contributed by atoms with Crippen LogP contribution in [0.3, 0.4) is 0 Å². The van der Waals surface area contributed by atoms with Gasteiger partial charge in [0.2, 0.25) is 15.9 Å². The summed E-state index contributed by atoms with van der Waals surface area (Å²) in [5, 5.41) is 13.8. The lowest BCUT2D eigenvalue weighted by atomic mass is 10.2. The van der Waals surface area contributed by atoms with Gasteiger partial charge in [0.25, 0.3) is 0 Å². The molecule has 9 heteroatoms. The van der Waals surface area contributed by atoms with Gasteiger partial charge in [-0.25, -0.2) is 13.1 Å². The molecule has 0 aliphatic carbocycles. The molecule has 2 aromatic heterocycles. The van der Waals surface area contributed by atoms with Crippen LogP contribution in [-0.2, 0) is 10.0 Å². The average molecular weight is 421 g/mol. The van der Waals surface area contributed by atoms with Crippen molar-refractivity contribution in [3.63, 3.8) is 0 Å². The monoisotopic (exact) mass is 421 g/mol. The van der Waals surface area contributed by atoms with Crippen LogP contribution in [0.1, 0.15) is 5.56 Å². The Balaban J connectivity index is 1.36. The Morgan fingerprint density at radius 2 is 1.67 bits per heavy atom. The van der Waals surface area contributed by atoms with E-state index in [2.05, 4.69) is 20.0 Å². The molecule has 2 heterocycles. The maximum Gasteiger partial charge on any atom is 0.233 e. The number of aromatic nitrogens is 4. The van der Waals surface area contributed by atoms with Gasteiger partial charge in [-0.15, -0.1) is 15.3 Å². The second-order valence-electron chi connectivity index (χ2n) is 6.33. The average Bonchev–Trinajstić information content (AvgIpc) is 3.20. The highest BCUT2D eigenvalue weighted by molar-refractivity contribution is 7.92. The van der Waals surface area contributed by atoms with Gasteiger partial charge in [-0.05, 0) is 17.7 Å². The largest absolute Gasteiger partial charge is 0.475 e. The minimum Gasteiger partial charge on any atom is -0.475 e. The number of rotatable bonds is 8. The number of fused-ring (bicyclic) bond motifs is 1. The zero-order valence-corrected chi connectivity index (χ0v) is 16.7. The van der Waals surface area contributed by atoms with Crippen LogP contribution in [0.5, 0.6) is 5.88 Å². The molecule has 0 fully saturated rings. The molecule has 0 unspecified atom stereocenters. The molecule has 30 heavy (non-hydrogen) atoms. The molecule has 0 atom stereocenters. The van der Waals surface area contributed by atoms with Crippen molar-refractivity contribution < 1.29 is 13.2 Å². The van der Waals surface area contributed by atoms with Gasteiger partial charge in [0.05, 0.1) is 0 Å². The summed E-state index contributed by atoms with van der Waals surface area (Å²) in [7, 11) is -3.56. The van der Waals surface area contributed by atoms with Crippen molar-refractivity contribution in [2.24, 2.45) is 0 Å². The second kappa shape index (κ2) is 8.85. The molecule has 0 spiro atoms. The fourth-order valence-electron chi connectivity index (χ4n) is 2.74. The van der Waals surface area contributed by atoms with E-state index in [4.69, 9.17) is 4.74 Å². The van der Waals surface area contributed by atoms with E-state index in [9.17, 15) is 8.42 Å². The summed E-state index contributed by atoms with van der Waals surface area (Å²) < 4.78 is 33.8. The van der Waals surface area contributed by atoms with E-state index in [1.54, 1.807) is 16.6 Å². The number of benzene rings is 2. The molecule has 1 N–H and O–H groups in total. The standard InChI is InChI=1S/C21H19N5O3S/c27-30(28,16-13-17-7-3-1-4-8-17)22-14-15-29-20-12-11-19-23-24-21(26(19)25-20)18-9-5-2-6-10-18/h1-13,16,22H,14-15H2. The highest BCUT2D eigenvalue weighted by atomic mass is 32.2. The summed E-state index contributed by atoms with van der Waals surface area (Å²) >= 11 is 0. The molecule has 0 radical (unpaired) electrons. The van der Waals surface area contributed by atoms with Gasteiger partial charge in [-0.2, -0.15) is 4.52 Å². The van der Waals surface area contributed by atoms with Crippen LogP contribution >= 0.6 is 0 Å². The molecular formula is C21H19N5O3S. The van der Waals surface area contributed by atoms with Gasteiger partial charge in [0.1, 0.15) is 6.61 Å². The number of nitrogens with one attached hydrogen (secondary N) is 1. The van der Waals surface area contributed by atoms with E-state index in [0.717, 1.165) is 16.5 Å². The summed E-state index contributed by atoms with van der Waals surface area (Å²) in [6, 6.07) is 22.2. The van der Waals surface area contributed by atoms with E-state index in [1.807, 2.05) is 60.7 Å². The number of nitrogens with zero attached hydrogens (tertiary/aromatic N) is 4. The first-order chi connectivity index (χ1) is 14.6. The van der Waals surface area contributed by atoms with Crippen molar-refractivity contribution in [3.8, 4) is 17.3 Å². The number of hydrogen-bond donors (Lipinski definition) is 1. The van der Waals surface area contributed by atoms with Gasteiger partial charge < -0.3 is 4.74 Å². The lowest BCUT2D eigenvalue weighted by Gasteiger charge is -2.07. The molecule has 152 valence electrons. The SMILES string of the molecule is O=S(=O)(C=Cc1ccccc1)NCCOc1ccc2nnc(-c3ccccc3)n2n1. The predicted octanol–water partition coefficient (Wildman–Crippen LogP) is 2.76. The maximum absolute atomic E-state index is 12.1. The van der Waals surface area contributed by atoms with Gasteiger partial charge in [-0.1, -0.05) is 60.7 Å². The Hall–Kier alpha value is -3.56. The fourth-order valence-corrected chi connectivity index (χ4v) is 3.54. The van der Waals surface area contributed by atoms with Crippen LogP contribution in [0.25, 0.3) is 23.1 Å². The first-order valence-electron chi connectivity index (χ1n) is 9.24. The van der Waals surface area contributed by atoms with Crippen molar-refractivity contribution in [3.05, 3.63) is 83.8 Å². The van der Waals surface area contributed by atoms with Crippen LogP contribution in [0, 0.1) is 0 Å². The van der Waals surface area contributed by atoms with Crippen molar-refractivity contribution in [1.29, 1.82) is 0 Å². The maximum atomic E-state index is 12.1. The minimum atomic E-state index is -3.56. The smallest absolute Gasteiger partial charge is 0.233 e. The van der Waals surface area contributed by atoms with E-state index < -0.39 is 10.0 Å². The molecule has 0 aliphatic heterocycles. The van der Waals surface area contributed by atoms with E-state index in [0.29, 0.717) is 17.4 Å². The Morgan fingerprint density at radius 1 is 0.933 bits per heavy atom. The number of hydrogen-bond acceptors (Lipinski definition) is 6. The predicted molar refractivity (Wildman–Crippen MR) is 114 cm³/mol. The molecule has 0 saturated carbocycles. The molecule has 2 aromatic carbocycles. The van der Waals surface area contributed by atoms with Gasteiger partial charge in [-0.3, -0.25) is 0 Å². The highest BCUT2D eigenvalue weighted by Gasteiger charge is 2.10. The molecule has 4 aromatic rings. The van der Waals surface area contributed by atoms with Gasteiger partial charge in [0.15, 0.2) is 11.5 Å². The van der Waals surface area contributed by atoms with Crippen LogP contribution in [0.4, 0.5) is 0 Å². The van der Waals surface area contributed by atoms with Crippen molar-refractivity contribution in [2.75, 3.05) is 13.2 Å². The molecule has 4 rings (SSSR count). The lowest BCUT2D eigenvalue weighted by molar-refractivity contribution is 0.306. The number of ether oxygens (including phenoxy) is 1. The highest BCUT2D eigenvalue weighted by Crippen LogP contribution is 2.18. The fraction of sp³-hybridized carbons (Fsp3) is 0.0952. The Morgan fingerprint density at radius 3 is 2.43 bits per heavy atom. The quantitative estimate of drug-likeness (QED) is 0.439. The molecule has 0 aliphatic rings. The second-order valence-corrected chi connectivity index (χ2v) is 7.98. The summed E-state index contributed by atoms with van der Waals surface area (Å²) in [6.07, 6.45) is 1.54. The Kier molecular flexibility index (Phi) is 5.82. The number of sulfonamides is 1. The Bertz CT molecular complexity index is 1260. The van der Waals surface area contributed by atoms with Crippen LogP contribution < -0.4 is 9.46 Å². The van der Waals surface area contributed by atoms with Gasteiger partial charge >= 0.3 is 0 Å². The van der Waals surface area contributed by atoms with E-state index >= 15 is 0 Å². The summed E-state index contributed by atoms with van der Waals surface area (Å²) in [5.74, 6) is 0.946. The molecule has 8 nitrogen and oxygen atoms in total. The van der Waals surface area contributed by atoms with Crippen molar-refractivity contribution >= 4 is 21.7 Å². The third kappa shape index (κ3) is 4.88. The molecule has 0 bridgehead atoms. The van der Waals surface area contributed by atoms with Gasteiger partial charge in [0, 0.05) is 23.6 Å². The first-order valence-corrected chi connectivity index (χ1v) is 10.8. The van der Waals surface area contributed by atoms with E-state index in [1.165, 1.54) is 6.08 Å². The van der Waals surface area contributed by atoms with E-state index in [-0.39, 0.29) is 13.2 Å². The third-order valence-electron chi connectivity index (χ3n) is 4.16. The van der Waals surface area contributed by atoms with Crippen LogP contribution in [0.2, 0.25) is 0 Å². The normalized spacial score (nSPS) is 11.9. The van der Waals surface area contributed by atoms with Crippen molar-refractivity contribution in [1.82, 2.24) is 24.5 Å². The zero-order valence-electron chi connectivity index (χ0n) is 15.9. The molecule has 0 saturated heterocycles. The summed E-state index contributed by atoms with van der Waals surface area (Å²) in [5.41, 5.74) is 2.28. The zero-order chi connectivity index (χ0) is 20.8. The molecule has 0 amide bonds. The lowest BCUT2D eigenvalue weighted by Crippen LogP contribution is -2.26. The minimum absolute atomic E-state index is 0.106. The topological polar surface area (TPSA) is 98.5 Å². The first kappa shape index (κ1) is 19.7.